The molecule has 5 nitrogen and oxygen atoms in total. The molecule has 6 aromatic carbocycles. The molecule has 5 heteroatoms. The molecular formula is C45H29N5. The topological polar surface area (TPSA) is 64.5 Å². The van der Waals surface area contributed by atoms with Gasteiger partial charge in [0.05, 0.1) is 11.2 Å². The van der Waals surface area contributed by atoms with E-state index in [1.807, 2.05) is 85.2 Å². The van der Waals surface area contributed by atoms with Crippen LogP contribution in [-0.2, 0) is 0 Å². The highest BCUT2D eigenvalue weighted by Gasteiger charge is 2.16. The first kappa shape index (κ1) is 29.3. The van der Waals surface area contributed by atoms with Crippen molar-refractivity contribution in [2.24, 2.45) is 0 Å². The minimum absolute atomic E-state index is 0.631. The summed E-state index contributed by atoms with van der Waals surface area (Å²) >= 11 is 0. The average molecular weight is 640 g/mol. The third kappa shape index (κ3) is 5.47. The van der Waals surface area contributed by atoms with Crippen LogP contribution in [0.15, 0.2) is 176 Å². The van der Waals surface area contributed by atoms with Crippen LogP contribution in [0.5, 0.6) is 0 Å². The van der Waals surface area contributed by atoms with E-state index in [2.05, 4.69) is 96.0 Å². The molecule has 0 unspecified atom stereocenters. The Morgan fingerprint density at radius 3 is 1.48 bits per heavy atom. The largest absolute Gasteiger partial charge is 0.264 e. The molecule has 50 heavy (non-hydrogen) atoms. The zero-order valence-electron chi connectivity index (χ0n) is 27.0. The van der Waals surface area contributed by atoms with Crippen molar-refractivity contribution in [2.75, 3.05) is 0 Å². The molecule has 0 saturated carbocycles. The lowest BCUT2D eigenvalue weighted by Gasteiger charge is -2.15. The number of hydrogen-bond acceptors (Lipinski definition) is 5. The van der Waals surface area contributed by atoms with Crippen LogP contribution in [0.4, 0.5) is 0 Å². The fourth-order valence-electron chi connectivity index (χ4n) is 6.56. The highest BCUT2D eigenvalue weighted by atomic mass is 15.0. The molecular weight excluding hydrogens is 611 g/mol. The molecule has 0 aliphatic carbocycles. The van der Waals surface area contributed by atoms with Crippen molar-refractivity contribution in [3.8, 4) is 67.7 Å². The van der Waals surface area contributed by atoms with Gasteiger partial charge in [-0.05, 0) is 28.8 Å². The molecule has 0 radical (unpaired) electrons. The van der Waals surface area contributed by atoms with Crippen LogP contribution < -0.4 is 0 Å². The number of fused-ring (bicyclic) bond motifs is 3. The first-order valence-corrected chi connectivity index (χ1v) is 16.6. The highest BCUT2D eigenvalue weighted by Crippen LogP contribution is 2.39. The van der Waals surface area contributed by atoms with Gasteiger partial charge >= 0.3 is 0 Å². The van der Waals surface area contributed by atoms with Gasteiger partial charge in [-0.1, -0.05) is 152 Å². The van der Waals surface area contributed by atoms with E-state index in [-0.39, 0.29) is 0 Å². The summed E-state index contributed by atoms with van der Waals surface area (Å²) in [5.74, 6) is 1.92. The van der Waals surface area contributed by atoms with Crippen LogP contribution in [-0.4, -0.2) is 24.9 Å². The highest BCUT2D eigenvalue weighted by molar-refractivity contribution is 6.17. The summed E-state index contributed by atoms with van der Waals surface area (Å²) in [5, 5.41) is 3.39. The summed E-state index contributed by atoms with van der Waals surface area (Å²) in [6.45, 7) is 0. The number of pyridine rings is 2. The van der Waals surface area contributed by atoms with Gasteiger partial charge in [0.25, 0.3) is 0 Å². The van der Waals surface area contributed by atoms with Crippen LogP contribution in [0.2, 0.25) is 0 Å². The van der Waals surface area contributed by atoms with E-state index in [9.17, 15) is 0 Å². The normalized spacial score (nSPS) is 11.2. The molecule has 3 heterocycles. The number of nitrogens with zero attached hydrogens (tertiary/aromatic N) is 5. The summed E-state index contributed by atoms with van der Waals surface area (Å²) in [5.41, 5.74) is 10.2. The van der Waals surface area contributed by atoms with Crippen molar-refractivity contribution in [3.05, 3.63) is 176 Å². The van der Waals surface area contributed by atoms with Gasteiger partial charge in [0, 0.05) is 56.4 Å². The zero-order valence-corrected chi connectivity index (χ0v) is 27.0. The van der Waals surface area contributed by atoms with Crippen LogP contribution in [0.3, 0.4) is 0 Å². The van der Waals surface area contributed by atoms with Crippen LogP contribution in [0, 0.1) is 0 Å². The molecule has 0 fully saturated rings. The standard InChI is InChI=1S/C45H29N5/c1-4-12-31(13-5-1)42-39-20-10-19-37(36-18-11-27-46-29-36)41(39)38-26-25-35(28-40(38)47-42)30-21-23-34(24-22-30)45-49-43(32-14-6-2-7-15-32)48-44(50-45)33-16-8-3-9-17-33/h1-29H. The SMILES string of the molecule is c1ccc(-c2nc(-c3ccccc3)nc(-c3ccc(-c4ccc5c(c4)nc(-c4ccccc4)c4cccc(-c6cccnc6)c45)cc3)n2)cc1. The molecule has 0 bridgehead atoms. The predicted molar refractivity (Wildman–Crippen MR) is 203 cm³/mol. The van der Waals surface area contributed by atoms with Gasteiger partial charge in [0.2, 0.25) is 0 Å². The Hall–Kier alpha value is -6.85. The Morgan fingerprint density at radius 1 is 0.340 bits per heavy atom. The monoisotopic (exact) mass is 639 g/mol. The molecule has 0 aliphatic rings. The minimum Gasteiger partial charge on any atom is -0.264 e. The summed E-state index contributed by atoms with van der Waals surface area (Å²) < 4.78 is 0. The molecule has 0 spiro atoms. The summed E-state index contributed by atoms with van der Waals surface area (Å²) in [7, 11) is 0. The second-order valence-corrected chi connectivity index (χ2v) is 12.1. The third-order valence-corrected chi connectivity index (χ3v) is 9.01. The van der Waals surface area contributed by atoms with Gasteiger partial charge in [-0.2, -0.15) is 0 Å². The number of aromatic nitrogens is 5. The second-order valence-electron chi connectivity index (χ2n) is 12.1. The first-order chi connectivity index (χ1) is 24.8. The Morgan fingerprint density at radius 2 is 0.880 bits per heavy atom. The summed E-state index contributed by atoms with van der Waals surface area (Å²) in [6.07, 6.45) is 3.74. The molecule has 0 N–H and O–H groups in total. The van der Waals surface area contributed by atoms with Crippen molar-refractivity contribution < 1.29 is 0 Å². The molecule has 234 valence electrons. The van der Waals surface area contributed by atoms with Crippen molar-refractivity contribution in [1.82, 2.24) is 24.9 Å². The molecule has 9 rings (SSSR count). The van der Waals surface area contributed by atoms with Gasteiger partial charge in [-0.3, -0.25) is 4.98 Å². The van der Waals surface area contributed by atoms with Gasteiger partial charge in [0.1, 0.15) is 0 Å². The van der Waals surface area contributed by atoms with E-state index in [4.69, 9.17) is 19.9 Å². The van der Waals surface area contributed by atoms with Gasteiger partial charge in [-0.25, -0.2) is 19.9 Å². The van der Waals surface area contributed by atoms with E-state index in [0.717, 1.165) is 66.5 Å². The Labute approximate surface area is 289 Å². The van der Waals surface area contributed by atoms with E-state index in [0.29, 0.717) is 17.5 Å². The smallest absolute Gasteiger partial charge is 0.164 e. The molecule has 0 aliphatic heterocycles. The predicted octanol–water partition coefficient (Wildman–Crippen LogP) is 11.0. The van der Waals surface area contributed by atoms with Crippen molar-refractivity contribution in [1.29, 1.82) is 0 Å². The molecule has 9 aromatic rings. The van der Waals surface area contributed by atoms with Gasteiger partial charge < -0.3 is 0 Å². The van der Waals surface area contributed by atoms with Crippen molar-refractivity contribution >= 4 is 21.7 Å². The maximum atomic E-state index is 5.29. The van der Waals surface area contributed by atoms with E-state index >= 15 is 0 Å². The lowest BCUT2D eigenvalue weighted by molar-refractivity contribution is 1.07. The first-order valence-electron chi connectivity index (χ1n) is 16.6. The number of rotatable bonds is 6. The Kier molecular flexibility index (Phi) is 7.41. The maximum absolute atomic E-state index is 5.29. The molecule has 0 amide bonds. The van der Waals surface area contributed by atoms with Gasteiger partial charge in [-0.15, -0.1) is 0 Å². The van der Waals surface area contributed by atoms with Crippen molar-refractivity contribution in [3.63, 3.8) is 0 Å². The average Bonchev–Trinajstić information content (AvgIpc) is 3.21. The summed E-state index contributed by atoms with van der Waals surface area (Å²) in [6, 6.07) is 56.1. The molecule has 0 atom stereocenters. The zero-order chi connectivity index (χ0) is 33.3. The number of benzene rings is 6. The summed E-state index contributed by atoms with van der Waals surface area (Å²) in [4.78, 5) is 24.4. The quantitative estimate of drug-likeness (QED) is 0.169. The lowest BCUT2D eigenvalue weighted by atomic mass is 9.92. The molecule has 3 aromatic heterocycles. The van der Waals surface area contributed by atoms with Crippen LogP contribution >= 0.6 is 0 Å². The molecule has 0 saturated heterocycles. The number of hydrogen-bond donors (Lipinski definition) is 0. The Balaban J connectivity index is 1.16. The van der Waals surface area contributed by atoms with E-state index in [1.54, 1.807) is 0 Å². The van der Waals surface area contributed by atoms with Gasteiger partial charge in [0.15, 0.2) is 17.5 Å². The fourth-order valence-corrected chi connectivity index (χ4v) is 6.56. The fraction of sp³-hybridized carbons (Fsp3) is 0. The van der Waals surface area contributed by atoms with E-state index < -0.39 is 0 Å². The van der Waals surface area contributed by atoms with Crippen LogP contribution in [0.25, 0.3) is 89.4 Å². The lowest BCUT2D eigenvalue weighted by Crippen LogP contribution is -2.00. The second kappa shape index (κ2) is 12.6. The maximum Gasteiger partial charge on any atom is 0.164 e. The Bertz CT molecular complexity index is 2550. The minimum atomic E-state index is 0.631. The third-order valence-electron chi connectivity index (χ3n) is 9.01. The van der Waals surface area contributed by atoms with Crippen LogP contribution in [0.1, 0.15) is 0 Å². The van der Waals surface area contributed by atoms with E-state index in [1.165, 1.54) is 5.39 Å². The van der Waals surface area contributed by atoms with Crippen molar-refractivity contribution in [2.45, 2.75) is 0 Å².